The van der Waals surface area contributed by atoms with Crippen LogP contribution in [0.3, 0.4) is 0 Å². The van der Waals surface area contributed by atoms with E-state index in [2.05, 4.69) is 17.0 Å². The third-order valence-corrected chi connectivity index (χ3v) is 6.43. The Bertz CT molecular complexity index is 786. The molecule has 2 aromatic carbocycles. The predicted octanol–water partition coefficient (Wildman–Crippen LogP) is 5.58. The van der Waals surface area contributed by atoms with Gasteiger partial charge in [0.15, 0.2) is 0 Å². The lowest BCUT2D eigenvalue weighted by atomic mass is 10.0. The first-order chi connectivity index (χ1) is 13.9. The average molecular weight is 404 g/mol. The van der Waals surface area contributed by atoms with E-state index in [0.717, 1.165) is 29.8 Å². The van der Waals surface area contributed by atoms with E-state index < -0.39 is 11.7 Å². The number of hydrogen-bond donors (Lipinski definition) is 0. The second-order valence-corrected chi connectivity index (χ2v) is 8.70. The van der Waals surface area contributed by atoms with Crippen molar-refractivity contribution in [2.75, 3.05) is 39.3 Å². The Morgan fingerprint density at radius 3 is 1.93 bits per heavy atom. The number of benzene rings is 2. The molecule has 0 bridgehead atoms. The smallest absolute Gasteiger partial charge is 0.311 e. The van der Waals surface area contributed by atoms with Gasteiger partial charge < -0.3 is 9.38 Å². The topological polar surface area (TPSA) is 3.24 Å². The summed E-state index contributed by atoms with van der Waals surface area (Å²) in [6.45, 7) is 8.68. The minimum absolute atomic E-state index is 0.601. The molecule has 0 radical (unpaired) electrons. The molecular weight excluding hydrogens is 373 g/mol. The molecule has 2 aliphatic heterocycles. The van der Waals surface area contributed by atoms with Gasteiger partial charge in [-0.3, -0.25) is 0 Å². The lowest BCUT2D eigenvalue weighted by molar-refractivity contribution is -0.814. The van der Waals surface area contributed by atoms with Crippen LogP contribution in [-0.4, -0.2) is 48.7 Å². The van der Waals surface area contributed by atoms with Crippen molar-refractivity contribution in [1.29, 1.82) is 0 Å². The SMILES string of the molecule is FC(F)(F)c1ccc(-c2ccc(C[N+]3(CCCCN4CCCC4)CC3)cc2)cc1. The first-order valence-electron chi connectivity index (χ1n) is 10.8. The molecule has 0 aliphatic carbocycles. The number of nitrogens with zero attached hydrogens (tertiary/aromatic N) is 2. The molecule has 0 amide bonds. The van der Waals surface area contributed by atoms with Crippen molar-refractivity contribution in [1.82, 2.24) is 4.90 Å². The van der Waals surface area contributed by atoms with Gasteiger partial charge in [0.05, 0.1) is 12.1 Å². The molecule has 2 nitrogen and oxygen atoms in total. The molecule has 5 heteroatoms. The van der Waals surface area contributed by atoms with Crippen molar-refractivity contribution in [3.63, 3.8) is 0 Å². The molecule has 0 atom stereocenters. The maximum absolute atomic E-state index is 12.7. The van der Waals surface area contributed by atoms with Crippen LogP contribution in [0.25, 0.3) is 11.1 Å². The molecule has 2 aromatic rings. The summed E-state index contributed by atoms with van der Waals surface area (Å²) in [7, 11) is 0. The van der Waals surface area contributed by atoms with E-state index in [1.807, 2.05) is 12.1 Å². The van der Waals surface area contributed by atoms with Gasteiger partial charge in [-0.25, -0.2) is 0 Å². The highest BCUT2D eigenvalue weighted by atomic mass is 19.4. The number of alkyl halides is 3. The Morgan fingerprint density at radius 1 is 0.793 bits per heavy atom. The van der Waals surface area contributed by atoms with E-state index in [-0.39, 0.29) is 0 Å². The fourth-order valence-electron chi connectivity index (χ4n) is 4.43. The highest BCUT2D eigenvalue weighted by Crippen LogP contribution is 2.32. The average Bonchev–Trinajstić information content (AvgIpc) is 3.26. The van der Waals surface area contributed by atoms with E-state index in [4.69, 9.17) is 0 Å². The Morgan fingerprint density at radius 2 is 1.38 bits per heavy atom. The first-order valence-corrected chi connectivity index (χ1v) is 10.8. The largest absolute Gasteiger partial charge is 0.416 e. The Hall–Kier alpha value is -1.85. The van der Waals surface area contributed by atoms with Crippen molar-refractivity contribution >= 4 is 0 Å². The zero-order valence-electron chi connectivity index (χ0n) is 16.9. The van der Waals surface area contributed by atoms with E-state index in [1.54, 1.807) is 12.1 Å². The van der Waals surface area contributed by atoms with Crippen LogP contribution in [0.4, 0.5) is 13.2 Å². The summed E-state index contributed by atoms with van der Waals surface area (Å²) in [5.41, 5.74) is 2.50. The molecule has 29 heavy (non-hydrogen) atoms. The molecule has 0 spiro atoms. The summed E-state index contributed by atoms with van der Waals surface area (Å²) in [4.78, 5) is 2.59. The quantitative estimate of drug-likeness (QED) is 0.316. The molecule has 4 rings (SSSR count). The van der Waals surface area contributed by atoms with Crippen molar-refractivity contribution in [2.45, 2.75) is 38.4 Å². The van der Waals surface area contributed by atoms with Crippen molar-refractivity contribution in [2.24, 2.45) is 0 Å². The van der Waals surface area contributed by atoms with Crippen molar-refractivity contribution in [3.8, 4) is 11.1 Å². The standard InChI is InChI=1S/C24H30F3N2/c25-24(26,27)23-11-9-22(10-12-23)21-7-5-20(6-8-21)19-29(17-18-29)16-4-3-15-28-13-1-2-14-28/h5-12H,1-4,13-19H2/q+1. The van der Waals surface area contributed by atoms with Crippen LogP contribution in [0.15, 0.2) is 48.5 Å². The van der Waals surface area contributed by atoms with E-state index in [1.165, 1.54) is 75.0 Å². The number of likely N-dealkylation sites (tertiary alicyclic amines) is 1. The molecule has 2 saturated heterocycles. The summed E-state index contributed by atoms with van der Waals surface area (Å²) >= 11 is 0. The van der Waals surface area contributed by atoms with Gasteiger partial charge in [0.1, 0.15) is 19.6 Å². The second kappa shape index (κ2) is 8.49. The molecule has 2 heterocycles. The summed E-state index contributed by atoms with van der Waals surface area (Å²) in [6, 6.07) is 13.7. The van der Waals surface area contributed by atoms with Gasteiger partial charge in [-0.05, 0) is 68.6 Å². The molecule has 0 N–H and O–H groups in total. The van der Waals surface area contributed by atoms with Crippen molar-refractivity contribution in [3.05, 3.63) is 59.7 Å². The lowest BCUT2D eigenvalue weighted by Crippen LogP contribution is -2.28. The zero-order valence-corrected chi connectivity index (χ0v) is 16.9. The molecule has 2 fully saturated rings. The molecule has 2 aliphatic rings. The summed E-state index contributed by atoms with van der Waals surface area (Å²) < 4.78 is 39.4. The summed E-state index contributed by atoms with van der Waals surface area (Å²) in [5, 5.41) is 0. The summed E-state index contributed by atoms with van der Waals surface area (Å²) in [6.07, 6.45) is 1.03. The predicted molar refractivity (Wildman–Crippen MR) is 110 cm³/mol. The highest BCUT2D eigenvalue weighted by molar-refractivity contribution is 5.64. The molecular formula is C24H30F3N2+. The lowest BCUT2D eigenvalue weighted by Gasteiger charge is -2.20. The van der Waals surface area contributed by atoms with Gasteiger partial charge >= 0.3 is 6.18 Å². The van der Waals surface area contributed by atoms with Gasteiger partial charge in [0.25, 0.3) is 0 Å². The van der Waals surface area contributed by atoms with Crippen LogP contribution in [0.2, 0.25) is 0 Å². The number of rotatable bonds is 8. The van der Waals surface area contributed by atoms with Crippen LogP contribution < -0.4 is 0 Å². The van der Waals surface area contributed by atoms with Crippen LogP contribution in [0.5, 0.6) is 0 Å². The molecule has 0 saturated carbocycles. The molecule has 156 valence electrons. The van der Waals surface area contributed by atoms with Gasteiger partial charge in [-0.1, -0.05) is 36.4 Å². The fraction of sp³-hybridized carbons (Fsp3) is 0.500. The zero-order chi connectivity index (χ0) is 20.3. The van der Waals surface area contributed by atoms with Gasteiger partial charge in [0, 0.05) is 5.56 Å². The second-order valence-electron chi connectivity index (χ2n) is 8.70. The Labute approximate surface area is 171 Å². The first kappa shape index (κ1) is 20.4. The summed E-state index contributed by atoms with van der Waals surface area (Å²) in [5.74, 6) is 0. The monoisotopic (exact) mass is 403 g/mol. The maximum Gasteiger partial charge on any atom is 0.416 e. The molecule has 0 aromatic heterocycles. The third-order valence-electron chi connectivity index (χ3n) is 6.43. The number of hydrogen-bond acceptors (Lipinski definition) is 1. The maximum atomic E-state index is 12.7. The van der Waals surface area contributed by atoms with Crippen molar-refractivity contribution < 1.29 is 17.7 Å². The molecule has 0 unspecified atom stereocenters. The number of halogens is 3. The van der Waals surface area contributed by atoms with Crippen LogP contribution >= 0.6 is 0 Å². The van der Waals surface area contributed by atoms with Gasteiger partial charge in [-0.2, -0.15) is 13.2 Å². The van der Waals surface area contributed by atoms with E-state index in [9.17, 15) is 13.2 Å². The Kier molecular flexibility index (Phi) is 5.98. The Balaban J connectivity index is 1.28. The minimum atomic E-state index is -4.28. The minimum Gasteiger partial charge on any atom is -0.311 e. The fourth-order valence-corrected chi connectivity index (χ4v) is 4.43. The number of quaternary nitrogens is 1. The highest BCUT2D eigenvalue weighted by Gasteiger charge is 2.41. The number of unbranched alkanes of at least 4 members (excludes halogenated alkanes) is 1. The van der Waals surface area contributed by atoms with Gasteiger partial charge in [0.2, 0.25) is 0 Å². The van der Waals surface area contributed by atoms with Crippen LogP contribution in [0.1, 0.15) is 36.8 Å². The van der Waals surface area contributed by atoms with Crippen LogP contribution in [-0.2, 0) is 12.7 Å². The van der Waals surface area contributed by atoms with E-state index >= 15 is 0 Å². The van der Waals surface area contributed by atoms with Crippen LogP contribution in [0, 0.1) is 0 Å². The van der Waals surface area contributed by atoms with E-state index in [0.29, 0.717) is 0 Å². The third kappa shape index (κ3) is 5.40. The normalized spacial score (nSPS) is 18.9. The van der Waals surface area contributed by atoms with Gasteiger partial charge in [-0.15, -0.1) is 0 Å².